The molecule has 4 heteroatoms. The number of rotatable bonds is 5. The number of benzene rings is 1. The molecule has 1 aliphatic rings. The zero-order chi connectivity index (χ0) is 13.5. The molecule has 0 unspecified atom stereocenters. The first-order chi connectivity index (χ1) is 9.13. The van der Waals surface area contributed by atoms with Gasteiger partial charge in [0.2, 0.25) is 0 Å². The van der Waals surface area contributed by atoms with Gasteiger partial charge in [-0.2, -0.15) is 0 Å². The quantitative estimate of drug-likeness (QED) is 0.864. The molecule has 3 rings (SSSR count). The lowest BCUT2D eigenvalue weighted by Crippen LogP contribution is -2.26. The molecule has 0 aliphatic heterocycles. The summed E-state index contributed by atoms with van der Waals surface area (Å²) in [5.41, 5.74) is 3.92. The fourth-order valence-electron chi connectivity index (χ4n) is 2.69. The summed E-state index contributed by atoms with van der Waals surface area (Å²) in [6, 6.07) is 6.45. The van der Waals surface area contributed by atoms with Crippen LogP contribution in [0.3, 0.4) is 0 Å². The Morgan fingerprint density at radius 3 is 2.79 bits per heavy atom. The van der Waals surface area contributed by atoms with Gasteiger partial charge in [0.15, 0.2) is 0 Å². The number of imidazole rings is 1. The Balaban J connectivity index is 1.75. The highest BCUT2D eigenvalue weighted by Crippen LogP contribution is 2.44. The van der Waals surface area contributed by atoms with Gasteiger partial charge in [-0.15, -0.1) is 0 Å². The molecular weight excluding hydrogens is 236 g/mol. The Kier molecular flexibility index (Phi) is 2.97. The fourth-order valence-corrected chi connectivity index (χ4v) is 2.69. The molecule has 0 amide bonds. The van der Waals surface area contributed by atoms with Gasteiger partial charge in [0.1, 0.15) is 5.82 Å². The molecule has 19 heavy (non-hydrogen) atoms. The van der Waals surface area contributed by atoms with Crippen LogP contribution in [0.5, 0.6) is 0 Å². The Morgan fingerprint density at radius 1 is 1.32 bits per heavy atom. The van der Waals surface area contributed by atoms with E-state index in [4.69, 9.17) is 0 Å². The largest absolute Gasteiger partial charge is 0.384 e. The predicted octanol–water partition coefficient (Wildman–Crippen LogP) is 2.29. The zero-order valence-electron chi connectivity index (χ0n) is 12.0. The van der Waals surface area contributed by atoms with Crippen LogP contribution in [0.1, 0.15) is 18.7 Å². The number of hydrogen-bond donors (Lipinski definition) is 2. The first-order valence-electron chi connectivity index (χ1n) is 6.95. The molecule has 1 aromatic heterocycles. The zero-order valence-corrected chi connectivity index (χ0v) is 12.0. The SMILES string of the molecule is CNCC1(CNc2ccc3c(c2)nc(C)n3C)CC1. The number of aromatic nitrogens is 2. The van der Waals surface area contributed by atoms with Gasteiger partial charge in [0, 0.05) is 31.2 Å². The van der Waals surface area contributed by atoms with E-state index in [2.05, 4.69) is 45.4 Å². The summed E-state index contributed by atoms with van der Waals surface area (Å²) in [5.74, 6) is 1.06. The Morgan fingerprint density at radius 2 is 2.11 bits per heavy atom. The Bertz CT molecular complexity index is 595. The molecule has 102 valence electrons. The number of hydrogen-bond acceptors (Lipinski definition) is 3. The lowest BCUT2D eigenvalue weighted by atomic mass is 10.1. The van der Waals surface area contributed by atoms with E-state index < -0.39 is 0 Å². The molecule has 1 aromatic carbocycles. The highest BCUT2D eigenvalue weighted by atomic mass is 15.1. The average molecular weight is 258 g/mol. The summed E-state index contributed by atoms with van der Waals surface area (Å²) >= 11 is 0. The van der Waals surface area contributed by atoms with Crippen molar-refractivity contribution in [1.82, 2.24) is 14.9 Å². The molecule has 0 atom stereocenters. The Hall–Kier alpha value is -1.55. The summed E-state index contributed by atoms with van der Waals surface area (Å²) in [4.78, 5) is 4.58. The third kappa shape index (κ3) is 2.32. The van der Waals surface area contributed by atoms with Crippen LogP contribution in [0.4, 0.5) is 5.69 Å². The summed E-state index contributed by atoms with van der Waals surface area (Å²) < 4.78 is 2.13. The van der Waals surface area contributed by atoms with E-state index in [0.29, 0.717) is 5.41 Å². The first-order valence-corrected chi connectivity index (χ1v) is 6.95. The molecule has 2 aromatic rings. The first kappa shape index (κ1) is 12.5. The van der Waals surface area contributed by atoms with Crippen LogP contribution in [0.2, 0.25) is 0 Å². The minimum atomic E-state index is 0.476. The third-order valence-corrected chi connectivity index (χ3v) is 4.28. The maximum absolute atomic E-state index is 4.58. The Labute approximate surface area is 114 Å². The van der Waals surface area contributed by atoms with E-state index >= 15 is 0 Å². The van der Waals surface area contributed by atoms with Crippen LogP contribution in [0.15, 0.2) is 18.2 Å². The minimum Gasteiger partial charge on any atom is -0.384 e. The van der Waals surface area contributed by atoms with E-state index in [1.54, 1.807) is 0 Å². The number of aryl methyl sites for hydroxylation is 2. The maximum atomic E-state index is 4.58. The van der Waals surface area contributed by atoms with Crippen LogP contribution in [0.25, 0.3) is 11.0 Å². The standard InChI is InChI=1S/C15H22N4/c1-11-18-13-8-12(4-5-14(13)19(11)3)17-10-15(6-7-15)9-16-2/h4-5,8,16-17H,6-7,9-10H2,1-3H3. The van der Waals surface area contributed by atoms with Crippen LogP contribution in [0, 0.1) is 12.3 Å². The van der Waals surface area contributed by atoms with Gasteiger partial charge in [0.05, 0.1) is 11.0 Å². The van der Waals surface area contributed by atoms with Crippen molar-refractivity contribution < 1.29 is 0 Å². The van der Waals surface area contributed by atoms with Gasteiger partial charge < -0.3 is 15.2 Å². The van der Waals surface area contributed by atoms with Crippen LogP contribution in [-0.4, -0.2) is 29.7 Å². The van der Waals surface area contributed by atoms with E-state index in [-0.39, 0.29) is 0 Å². The van der Waals surface area contributed by atoms with Crippen molar-refractivity contribution in [2.75, 3.05) is 25.5 Å². The maximum Gasteiger partial charge on any atom is 0.106 e. The summed E-state index contributed by atoms with van der Waals surface area (Å²) in [6.07, 6.45) is 2.65. The molecule has 1 fully saturated rings. The van der Waals surface area contributed by atoms with E-state index in [1.165, 1.54) is 24.0 Å². The van der Waals surface area contributed by atoms with Crippen LogP contribution >= 0.6 is 0 Å². The smallest absolute Gasteiger partial charge is 0.106 e. The second-order valence-electron chi connectivity index (χ2n) is 5.81. The molecule has 0 saturated heterocycles. The van der Waals surface area contributed by atoms with Gasteiger partial charge in [-0.1, -0.05) is 0 Å². The van der Waals surface area contributed by atoms with Crippen molar-refractivity contribution in [3.63, 3.8) is 0 Å². The van der Waals surface area contributed by atoms with Crippen molar-refractivity contribution in [2.45, 2.75) is 19.8 Å². The summed E-state index contributed by atoms with van der Waals surface area (Å²) in [6.45, 7) is 4.19. The normalized spacial score (nSPS) is 16.8. The molecular formula is C15H22N4. The van der Waals surface area contributed by atoms with Crippen LogP contribution < -0.4 is 10.6 Å². The topological polar surface area (TPSA) is 41.9 Å². The molecule has 2 N–H and O–H groups in total. The van der Waals surface area contributed by atoms with Crippen molar-refractivity contribution in [1.29, 1.82) is 0 Å². The second kappa shape index (κ2) is 4.53. The lowest BCUT2D eigenvalue weighted by Gasteiger charge is -2.16. The number of nitrogens with one attached hydrogen (secondary N) is 2. The molecule has 4 nitrogen and oxygen atoms in total. The average Bonchev–Trinajstić information content (AvgIpc) is 3.10. The van der Waals surface area contributed by atoms with Crippen molar-refractivity contribution >= 4 is 16.7 Å². The van der Waals surface area contributed by atoms with E-state index in [0.717, 1.165) is 24.4 Å². The molecule has 0 bridgehead atoms. The predicted molar refractivity (Wildman–Crippen MR) is 79.5 cm³/mol. The fraction of sp³-hybridized carbons (Fsp3) is 0.533. The van der Waals surface area contributed by atoms with Crippen molar-refractivity contribution in [3.8, 4) is 0 Å². The second-order valence-corrected chi connectivity index (χ2v) is 5.81. The van der Waals surface area contributed by atoms with Gasteiger partial charge in [0.25, 0.3) is 0 Å². The molecule has 1 aliphatic carbocycles. The summed E-state index contributed by atoms with van der Waals surface area (Å²) in [5, 5.41) is 6.86. The van der Waals surface area contributed by atoms with E-state index in [9.17, 15) is 0 Å². The highest BCUT2D eigenvalue weighted by Gasteiger charge is 2.41. The van der Waals surface area contributed by atoms with Crippen LogP contribution in [-0.2, 0) is 7.05 Å². The molecule has 1 saturated carbocycles. The van der Waals surface area contributed by atoms with Gasteiger partial charge in [-0.25, -0.2) is 4.98 Å². The highest BCUT2D eigenvalue weighted by molar-refractivity contribution is 5.80. The lowest BCUT2D eigenvalue weighted by molar-refractivity contribution is 0.507. The number of fused-ring (bicyclic) bond motifs is 1. The van der Waals surface area contributed by atoms with Crippen molar-refractivity contribution in [3.05, 3.63) is 24.0 Å². The third-order valence-electron chi connectivity index (χ3n) is 4.28. The molecule has 0 spiro atoms. The molecule has 1 heterocycles. The number of anilines is 1. The van der Waals surface area contributed by atoms with Gasteiger partial charge in [-0.05, 0) is 45.0 Å². The van der Waals surface area contributed by atoms with E-state index in [1.807, 2.05) is 14.0 Å². The van der Waals surface area contributed by atoms with Crippen molar-refractivity contribution in [2.24, 2.45) is 12.5 Å². The summed E-state index contributed by atoms with van der Waals surface area (Å²) in [7, 11) is 4.09. The van der Waals surface area contributed by atoms with Gasteiger partial charge >= 0.3 is 0 Å². The molecule has 0 radical (unpaired) electrons. The monoisotopic (exact) mass is 258 g/mol. The minimum absolute atomic E-state index is 0.476. The van der Waals surface area contributed by atoms with Gasteiger partial charge in [-0.3, -0.25) is 0 Å². The number of nitrogens with zero attached hydrogens (tertiary/aromatic N) is 2.